The molecule has 0 spiro atoms. The molecule has 3 rings (SSSR count). The molecule has 0 bridgehead atoms. The van der Waals surface area contributed by atoms with Crippen molar-refractivity contribution in [2.24, 2.45) is 0 Å². The minimum absolute atomic E-state index is 0.519. The van der Waals surface area contributed by atoms with Crippen LogP contribution in [0, 0.1) is 0 Å². The maximum Gasteiger partial charge on any atom is 0.164 e. The van der Waals surface area contributed by atoms with Gasteiger partial charge in [-0.15, -0.1) is 0 Å². The van der Waals surface area contributed by atoms with Crippen molar-refractivity contribution in [3.8, 4) is 11.5 Å². The molecule has 0 radical (unpaired) electrons. The lowest BCUT2D eigenvalue weighted by atomic mass is 9.95. The predicted octanol–water partition coefficient (Wildman–Crippen LogP) is 2.92. The van der Waals surface area contributed by atoms with Crippen molar-refractivity contribution < 1.29 is 13.9 Å². The zero-order valence-electron chi connectivity index (χ0n) is 11.4. The van der Waals surface area contributed by atoms with Crippen molar-refractivity contribution >= 4 is 11.0 Å². The quantitative estimate of drug-likeness (QED) is 0.922. The molecule has 1 aromatic heterocycles. The summed E-state index contributed by atoms with van der Waals surface area (Å²) in [4.78, 5) is 0. The van der Waals surface area contributed by atoms with Crippen LogP contribution < -0.4 is 14.8 Å². The average molecular weight is 261 g/mol. The van der Waals surface area contributed by atoms with Crippen molar-refractivity contribution in [1.82, 2.24) is 5.32 Å². The van der Waals surface area contributed by atoms with Crippen LogP contribution in [0.4, 0.5) is 0 Å². The minimum Gasteiger partial charge on any atom is -0.493 e. The summed E-state index contributed by atoms with van der Waals surface area (Å²) in [5.74, 6) is 3.05. The maximum absolute atomic E-state index is 5.99. The van der Waals surface area contributed by atoms with Crippen molar-refractivity contribution in [2.45, 2.75) is 18.8 Å². The maximum atomic E-state index is 5.99. The number of benzene rings is 1. The zero-order chi connectivity index (χ0) is 13.2. The van der Waals surface area contributed by atoms with E-state index in [0.717, 1.165) is 48.4 Å². The molecule has 1 N–H and O–H groups in total. The standard InChI is InChI=1S/C15H19NO3/c1-17-14-8-11-7-12(10-3-5-16-6-4-10)19-13(11)9-15(14)18-2/h7-10,16H,3-6H2,1-2H3. The second-order valence-electron chi connectivity index (χ2n) is 4.92. The van der Waals surface area contributed by atoms with E-state index in [2.05, 4.69) is 11.4 Å². The molecule has 1 fully saturated rings. The van der Waals surface area contributed by atoms with Gasteiger partial charge in [0.15, 0.2) is 11.5 Å². The fraction of sp³-hybridized carbons (Fsp3) is 0.467. The second-order valence-corrected chi connectivity index (χ2v) is 4.92. The van der Waals surface area contributed by atoms with Crippen molar-refractivity contribution in [3.05, 3.63) is 24.0 Å². The van der Waals surface area contributed by atoms with Crippen molar-refractivity contribution in [3.63, 3.8) is 0 Å². The summed E-state index contributed by atoms with van der Waals surface area (Å²) in [6, 6.07) is 6.01. The van der Waals surface area contributed by atoms with Crippen LogP contribution in [0.3, 0.4) is 0 Å². The van der Waals surface area contributed by atoms with Crippen LogP contribution in [0.15, 0.2) is 22.6 Å². The van der Waals surface area contributed by atoms with Crippen LogP contribution in [-0.4, -0.2) is 27.3 Å². The lowest BCUT2D eigenvalue weighted by Crippen LogP contribution is -2.26. The fourth-order valence-electron chi connectivity index (χ4n) is 2.69. The summed E-state index contributed by atoms with van der Waals surface area (Å²) in [5.41, 5.74) is 0.867. The minimum atomic E-state index is 0.519. The number of methoxy groups -OCH3 is 2. The third-order valence-corrected chi connectivity index (χ3v) is 3.78. The van der Waals surface area contributed by atoms with Gasteiger partial charge in [-0.2, -0.15) is 0 Å². The Hall–Kier alpha value is -1.68. The molecule has 1 aromatic carbocycles. The normalized spacial score (nSPS) is 16.7. The van der Waals surface area contributed by atoms with Gasteiger partial charge in [-0.25, -0.2) is 0 Å². The van der Waals surface area contributed by atoms with Crippen molar-refractivity contribution in [1.29, 1.82) is 0 Å². The molecular weight excluding hydrogens is 242 g/mol. The number of fused-ring (bicyclic) bond motifs is 1. The van der Waals surface area contributed by atoms with Crippen LogP contribution in [0.1, 0.15) is 24.5 Å². The van der Waals surface area contributed by atoms with Gasteiger partial charge < -0.3 is 19.2 Å². The number of piperidine rings is 1. The first-order valence-corrected chi connectivity index (χ1v) is 6.68. The summed E-state index contributed by atoms with van der Waals surface area (Å²) in [6.45, 7) is 2.13. The van der Waals surface area contributed by atoms with Crippen molar-refractivity contribution in [2.75, 3.05) is 27.3 Å². The summed E-state index contributed by atoms with van der Waals surface area (Å²) < 4.78 is 16.6. The molecule has 0 aliphatic carbocycles. The SMILES string of the molecule is COc1cc2cc(C3CCNCC3)oc2cc1OC. The smallest absolute Gasteiger partial charge is 0.164 e. The topological polar surface area (TPSA) is 43.6 Å². The highest BCUT2D eigenvalue weighted by Gasteiger charge is 2.20. The van der Waals surface area contributed by atoms with Gasteiger partial charge in [0, 0.05) is 17.4 Å². The molecule has 0 atom stereocenters. The third-order valence-electron chi connectivity index (χ3n) is 3.78. The molecule has 102 valence electrons. The summed E-state index contributed by atoms with van der Waals surface area (Å²) in [7, 11) is 3.29. The summed E-state index contributed by atoms with van der Waals surface area (Å²) >= 11 is 0. The van der Waals surface area contributed by atoms with E-state index in [1.807, 2.05) is 12.1 Å². The number of hydrogen-bond acceptors (Lipinski definition) is 4. The number of furan rings is 1. The Kier molecular flexibility index (Phi) is 3.34. The molecular formula is C15H19NO3. The molecule has 1 saturated heterocycles. The number of ether oxygens (including phenoxy) is 2. The van der Waals surface area contributed by atoms with E-state index >= 15 is 0 Å². The van der Waals surface area contributed by atoms with Gasteiger partial charge in [0.2, 0.25) is 0 Å². The largest absolute Gasteiger partial charge is 0.493 e. The van der Waals surface area contributed by atoms with Crippen LogP contribution in [0.25, 0.3) is 11.0 Å². The van der Waals surface area contributed by atoms with E-state index in [1.165, 1.54) is 0 Å². The van der Waals surface area contributed by atoms with Crippen LogP contribution in [-0.2, 0) is 0 Å². The number of nitrogens with one attached hydrogen (secondary N) is 1. The van der Waals surface area contributed by atoms with E-state index in [0.29, 0.717) is 11.7 Å². The predicted molar refractivity (Wildman–Crippen MR) is 74.2 cm³/mol. The Morgan fingerprint density at radius 1 is 1.05 bits per heavy atom. The van der Waals surface area contributed by atoms with Gasteiger partial charge in [0.25, 0.3) is 0 Å². The summed E-state index contributed by atoms with van der Waals surface area (Å²) in [5, 5.41) is 4.45. The first kappa shape index (κ1) is 12.4. The molecule has 4 nitrogen and oxygen atoms in total. The van der Waals surface area contributed by atoms with Crippen LogP contribution >= 0.6 is 0 Å². The summed E-state index contributed by atoms with van der Waals surface area (Å²) in [6.07, 6.45) is 2.27. The van der Waals surface area contributed by atoms with Gasteiger partial charge >= 0.3 is 0 Å². The monoisotopic (exact) mass is 261 g/mol. The van der Waals surface area contributed by atoms with Gasteiger partial charge in [0.1, 0.15) is 11.3 Å². The Morgan fingerprint density at radius 3 is 2.42 bits per heavy atom. The van der Waals surface area contributed by atoms with E-state index < -0.39 is 0 Å². The van der Waals surface area contributed by atoms with E-state index in [9.17, 15) is 0 Å². The number of hydrogen-bond donors (Lipinski definition) is 1. The van der Waals surface area contributed by atoms with Crippen LogP contribution in [0.2, 0.25) is 0 Å². The Morgan fingerprint density at radius 2 is 1.74 bits per heavy atom. The third kappa shape index (κ3) is 2.28. The molecule has 2 heterocycles. The Bertz CT molecular complexity index is 529. The second kappa shape index (κ2) is 5.13. The van der Waals surface area contributed by atoms with Gasteiger partial charge in [-0.1, -0.05) is 0 Å². The highest BCUT2D eigenvalue weighted by atomic mass is 16.5. The fourth-order valence-corrected chi connectivity index (χ4v) is 2.69. The van der Waals surface area contributed by atoms with E-state index in [-0.39, 0.29) is 0 Å². The van der Waals surface area contributed by atoms with Gasteiger partial charge in [-0.3, -0.25) is 0 Å². The first-order chi connectivity index (χ1) is 9.31. The molecule has 2 aromatic rings. The lowest BCUT2D eigenvalue weighted by Gasteiger charge is -2.20. The number of rotatable bonds is 3. The molecule has 0 saturated carbocycles. The average Bonchev–Trinajstić information content (AvgIpc) is 2.89. The molecule has 1 aliphatic heterocycles. The van der Waals surface area contributed by atoms with E-state index in [1.54, 1.807) is 14.2 Å². The van der Waals surface area contributed by atoms with Crippen LogP contribution in [0.5, 0.6) is 11.5 Å². The van der Waals surface area contributed by atoms with Gasteiger partial charge in [-0.05, 0) is 38.1 Å². The van der Waals surface area contributed by atoms with Gasteiger partial charge in [0.05, 0.1) is 14.2 Å². The molecule has 4 heteroatoms. The Labute approximate surface area is 112 Å². The Balaban J connectivity index is 1.99. The van der Waals surface area contributed by atoms with E-state index in [4.69, 9.17) is 13.9 Å². The molecule has 0 unspecified atom stereocenters. The lowest BCUT2D eigenvalue weighted by molar-refractivity contribution is 0.354. The zero-order valence-corrected chi connectivity index (χ0v) is 11.4. The highest BCUT2D eigenvalue weighted by molar-refractivity contribution is 5.82. The highest BCUT2D eigenvalue weighted by Crippen LogP contribution is 2.36. The molecule has 0 amide bonds. The first-order valence-electron chi connectivity index (χ1n) is 6.68. The molecule has 19 heavy (non-hydrogen) atoms. The molecule has 1 aliphatic rings.